The molecule has 20 heteroatoms. The summed E-state index contributed by atoms with van der Waals surface area (Å²) in [7, 11) is 2.74. The Labute approximate surface area is 393 Å². The summed E-state index contributed by atoms with van der Waals surface area (Å²) < 4.78 is 23.8. The first-order valence-electron chi connectivity index (χ1n) is 20.3. The van der Waals surface area contributed by atoms with E-state index in [0.29, 0.717) is 30.8 Å². The Morgan fingerprint density at radius 1 is 0.774 bits per heavy atom. The van der Waals surface area contributed by atoms with Gasteiger partial charge < -0.3 is 51.7 Å². The molecule has 4 rings (SSSR count). The van der Waals surface area contributed by atoms with Crippen molar-refractivity contribution in [2.45, 2.75) is 156 Å². The fourth-order valence-corrected chi connectivity index (χ4v) is 4.30. The summed E-state index contributed by atoms with van der Waals surface area (Å²) in [5.41, 5.74) is 3.87. The number of ether oxygens (including phenoxy) is 4. The van der Waals surface area contributed by atoms with Crippen molar-refractivity contribution in [2.24, 2.45) is 29.4 Å². The van der Waals surface area contributed by atoms with Crippen LogP contribution >= 0.6 is 0 Å². The molecular weight excluding hydrogens is 816 g/mol. The summed E-state index contributed by atoms with van der Waals surface area (Å²) in [4.78, 5) is 79.8. The molecule has 0 aromatic heterocycles. The number of carboxylic acids is 1. The van der Waals surface area contributed by atoms with E-state index < -0.39 is 59.4 Å². The smallest absolute Gasteiger partial charge is 0.512 e. The van der Waals surface area contributed by atoms with Crippen molar-refractivity contribution in [2.75, 3.05) is 33.9 Å². The Morgan fingerprint density at radius 2 is 1.15 bits per heavy atom. The fourth-order valence-electron chi connectivity index (χ4n) is 4.30. The van der Waals surface area contributed by atoms with Gasteiger partial charge in [0.2, 0.25) is 0 Å². The number of nitrogens with zero attached hydrogens (tertiary/aromatic N) is 3. The molecule has 0 aromatic rings. The van der Waals surface area contributed by atoms with Gasteiger partial charge in [0.05, 0.1) is 19.0 Å². The van der Waals surface area contributed by atoms with Crippen LogP contribution in [0.25, 0.3) is 0 Å². The summed E-state index contributed by atoms with van der Waals surface area (Å²) in [5, 5.41) is 18.4. The molecule has 0 bridgehead atoms. The molecule has 18 nitrogen and oxygen atoms in total. The van der Waals surface area contributed by atoms with Crippen LogP contribution in [-0.4, -0.2) is 142 Å². The molecule has 4 atom stereocenters. The van der Waals surface area contributed by atoms with Gasteiger partial charge in [0.15, 0.2) is 12.8 Å². The molecule has 347 valence electrons. The molecular formula is C42H73BN5NaO13+. The van der Waals surface area contributed by atoms with Crippen molar-refractivity contribution < 1.29 is 91.6 Å². The number of hydrogen-bond donors (Lipinski definition) is 3. The van der Waals surface area contributed by atoms with Gasteiger partial charge in [0.25, 0.3) is 0 Å². The van der Waals surface area contributed by atoms with Crippen molar-refractivity contribution in [3.63, 3.8) is 0 Å². The van der Waals surface area contributed by atoms with E-state index in [2.05, 4.69) is 26.0 Å². The Kier molecular flexibility index (Phi) is 34.6. The van der Waals surface area contributed by atoms with E-state index in [-0.39, 0.29) is 50.0 Å². The molecule has 0 unspecified atom stereocenters. The number of aliphatic carboxylic acids is 1. The molecule has 4 fully saturated rings. The second-order valence-corrected chi connectivity index (χ2v) is 17.2. The number of carbonyl (C=O) groups excluding carboxylic acids is 7. The van der Waals surface area contributed by atoms with Crippen molar-refractivity contribution in [3.05, 3.63) is 6.57 Å². The normalized spacial score (nSPS) is 16.4. The molecule has 4 aliphatic rings. The quantitative estimate of drug-likeness (QED) is 0.0556. The maximum absolute atomic E-state index is 12.1. The van der Waals surface area contributed by atoms with Gasteiger partial charge in [-0.3, -0.25) is 19.0 Å². The first-order valence-corrected chi connectivity index (χ1v) is 20.3. The second-order valence-electron chi connectivity index (χ2n) is 17.2. The van der Waals surface area contributed by atoms with Crippen LogP contribution in [0.3, 0.4) is 0 Å². The maximum Gasteiger partial charge on any atom is 1.00 e. The number of amides is 2. The molecule has 0 heterocycles. The summed E-state index contributed by atoms with van der Waals surface area (Å²) in [6, 6.07) is -2.16. The molecule has 0 aliphatic heterocycles. The third-order valence-corrected chi connectivity index (χ3v) is 8.69. The van der Waals surface area contributed by atoms with Gasteiger partial charge in [-0.15, -0.1) is 0 Å². The number of rotatable bonds is 14. The molecule has 2 amide bonds. The first kappa shape index (κ1) is 65.1. The topological polar surface area (TPSA) is 256 Å². The van der Waals surface area contributed by atoms with E-state index in [1.807, 2.05) is 27.7 Å². The average molecular weight is 890 g/mol. The van der Waals surface area contributed by atoms with Gasteiger partial charge in [-0.25, -0.2) is 19.2 Å². The molecule has 4 N–H and O–H groups in total. The van der Waals surface area contributed by atoms with E-state index >= 15 is 0 Å². The van der Waals surface area contributed by atoms with Crippen LogP contribution in [-0.2, 0) is 47.3 Å². The van der Waals surface area contributed by atoms with E-state index in [9.17, 15) is 33.6 Å². The number of nitrogens with two attached hydrogens (primary N) is 1. The van der Waals surface area contributed by atoms with Crippen LogP contribution < -0.4 is 40.6 Å². The van der Waals surface area contributed by atoms with Crippen LogP contribution in [0.5, 0.6) is 0 Å². The zero-order chi connectivity index (χ0) is 47.0. The van der Waals surface area contributed by atoms with Crippen LogP contribution in [0, 0.1) is 35.5 Å². The standard InChI is InChI=1S/C13H23NO4.C12H21NO4.C8H15NO2.C4H8NO2.C4H6O.CN.B.Na/c1-9(11(15)17-5)14(8-10-6-7-10)12(16)18-13(2,3)4;1-8(10(14)15)13(7-9-5-6-9)11(16)17-12(2,3)4;1-6(8(10)11-2)9-5-7-3-4-7;1-3(5)4(6)7-2;5-3-4-1-2-4;1-2;;/h9-10H,6-8H2,1-5H3;8-9H,5-7H2,1-4H3,(H,14,15);6-7,9H,3-5H2,1-2H3;3H,2,5H2,1H3;3-4H,1-2H2;;;/q;;;+1;;-1;;+1/t9-;8-;6-;3-;;;;/m0000..../s1. The zero-order valence-electron chi connectivity index (χ0n) is 39.5. The van der Waals surface area contributed by atoms with E-state index in [0.717, 1.165) is 57.3 Å². The average Bonchev–Trinajstić information content (AvgIpc) is 3.99. The predicted molar refractivity (Wildman–Crippen MR) is 227 cm³/mol. The minimum atomic E-state index is -1.00. The van der Waals surface area contributed by atoms with Crippen molar-refractivity contribution in [3.8, 4) is 0 Å². The molecule has 62 heavy (non-hydrogen) atoms. The van der Waals surface area contributed by atoms with Gasteiger partial charge in [0, 0.05) is 27.4 Å². The monoisotopic (exact) mass is 890 g/mol. The van der Waals surface area contributed by atoms with Crippen LogP contribution in [0.1, 0.15) is 121 Å². The number of aldehydes is 1. The third-order valence-electron chi connectivity index (χ3n) is 8.69. The molecule has 4 saturated carbocycles. The van der Waals surface area contributed by atoms with Crippen molar-refractivity contribution >= 4 is 57.6 Å². The van der Waals surface area contributed by atoms with Crippen LogP contribution in [0.15, 0.2) is 0 Å². The van der Waals surface area contributed by atoms with Crippen LogP contribution in [0.4, 0.5) is 9.59 Å². The number of nitrogens with one attached hydrogen (secondary N) is 1. The zero-order valence-corrected chi connectivity index (χ0v) is 41.5. The predicted octanol–water partition coefficient (Wildman–Crippen LogP) is 1.39. The summed E-state index contributed by atoms with van der Waals surface area (Å²) in [6.07, 6.45) is 9.26. The largest absolute Gasteiger partial charge is 1.00 e. The summed E-state index contributed by atoms with van der Waals surface area (Å²) >= 11 is 0. The number of carbonyl (C=O) groups is 7. The minimum Gasteiger partial charge on any atom is -0.512 e. The Bertz CT molecular complexity index is 1390. The van der Waals surface area contributed by atoms with Gasteiger partial charge in [-0.2, -0.15) is 0 Å². The molecule has 0 aromatic carbocycles. The van der Waals surface area contributed by atoms with Gasteiger partial charge in [-0.1, -0.05) is 0 Å². The van der Waals surface area contributed by atoms with Gasteiger partial charge in [-0.05, 0) is 145 Å². The Hall–Kier alpha value is -3.57. The number of hydrogen-bond acceptors (Lipinski definition) is 14. The molecule has 0 spiro atoms. The third kappa shape index (κ3) is 34.0. The summed E-state index contributed by atoms with van der Waals surface area (Å²) in [5.74, 6) is 0.106. The molecule has 4 aliphatic carbocycles. The molecule has 0 saturated heterocycles. The SMILES string of the molecule is C=[O+]C(=O)[C@H](C)N.COC(=O)[C@H](C)N(CC1CC1)C(=O)OC(C)(C)C.COC(=O)[C@H](C)NCC1CC1.C[C@@H](C(=O)O)N(CC1CC1)C(=O)OC(C)(C)C.O=CC1CC1.[B].[C-]#N.[Na+]. The summed E-state index contributed by atoms with van der Waals surface area (Å²) in [6.45, 7) is 26.9. The minimum absolute atomic E-state index is 0. The maximum atomic E-state index is 12.1. The fraction of sp³-hybridized carbons (Fsp3) is 0.786. The van der Waals surface area contributed by atoms with Crippen LogP contribution in [0.2, 0.25) is 0 Å². The van der Waals surface area contributed by atoms with Gasteiger partial charge >= 0.3 is 65.6 Å². The van der Waals surface area contributed by atoms with Crippen molar-refractivity contribution in [1.29, 1.82) is 5.26 Å². The number of carboxylic acid groups (broad SMARTS) is 1. The number of methoxy groups -OCH3 is 2. The van der Waals surface area contributed by atoms with Crippen molar-refractivity contribution in [1.82, 2.24) is 15.1 Å². The second kappa shape index (κ2) is 33.0. The van der Waals surface area contributed by atoms with E-state index in [1.54, 1.807) is 27.7 Å². The van der Waals surface area contributed by atoms with Gasteiger partial charge in [0.1, 0.15) is 35.6 Å². The first-order chi connectivity index (χ1) is 27.8. The number of esters is 2. The van der Waals surface area contributed by atoms with E-state index in [4.69, 9.17) is 32.1 Å². The Morgan fingerprint density at radius 3 is 1.37 bits per heavy atom. The van der Waals surface area contributed by atoms with E-state index in [1.165, 1.54) is 50.7 Å². The Balaban J connectivity index is -0.000000353. The molecule has 3 radical (unpaired) electrons.